The van der Waals surface area contributed by atoms with Crippen molar-refractivity contribution in [1.82, 2.24) is 0 Å². The van der Waals surface area contributed by atoms with Crippen molar-refractivity contribution < 1.29 is 0 Å². The highest BCUT2D eigenvalue weighted by Gasteiger charge is 2.36. The molecule has 4 rings (SSSR count). The normalized spacial score (nSPS) is 20.1. The highest BCUT2D eigenvalue weighted by molar-refractivity contribution is 6.09. The first-order valence-corrected chi connectivity index (χ1v) is 8.79. The van der Waals surface area contributed by atoms with Crippen molar-refractivity contribution in [1.29, 1.82) is 0 Å². The summed E-state index contributed by atoms with van der Waals surface area (Å²) >= 11 is 0. The lowest BCUT2D eigenvalue weighted by atomic mass is 9.96. The van der Waals surface area contributed by atoms with Crippen LogP contribution < -0.4 is 16.4 Å². The number of hydrogen-bond acceptors (Lipinski definition) is 3. The van der Waals surface area contributed by atoms with E-state index in [1.165, 1.54) is 0 Å². The van der Waals surface area contributed by atoms with Gasteiger partial charge in [0, 0.05) is 6.42 Å². The summed E-state index contributed by atoms with van der Waals surface area (Å²) in [4.78, 5) is 4.82. The van der Waals surface area contributed by atoms with Gasteiger partial charge in [0.25, 0.3) is 0 Å². The summed E-state index contributed by atoms with van der Waals surface area (Å²) in [7, 11) is 0. The number of nitrogens with one attached hydrogen (secondary N) is 2. The van der Waals surface area contributed by atoms with Gasteiger partial charge < -0.3 is 16.4 Å². The molecule has 0 radical (unpaired) electrons. The van der Waals surface area contributed by atoms with Crippen molar-refractivity contribution in [2.45, 2.75) is 18.6 Å². The summed E-state index contributed by atoms with van der Waals surface area (Å²) in [6.45, 7) is 0.584. The second-order valence-corrected chi connectivity index (χ2v) is 6.58. The molecule has 4 heteroatoms. The number of amidine groups is 1. The average molecular weight is 342 g/mol. The van der Waals surface area contributed by atoms with Gasteiger partial charge in [-0.1, -0.05) is 72.8 Å². The molecule has 3 aromatic carbocycles. The van der Waals surface area contributed by atoms with Crippen LogP contribution in [0.25, 0.3) is 0 Å². The number of hydrogen-bond donors (Lipinski definition) is 3. The molecule has 0 amide bonds. The highest BCUT2D eigenvalue weighted by atomic mass is 15.2. The molecule has 1 aliphatic heterocycles. The lowest BCUT2D eigenvalue weighted by Gasteiger charge is -2.38. The van der Waals surface area contributed by atoms with Gasteiger partial charge in [0.2, 0.25) is 0 Å². The molecule has 1 aliphatic rings. The van der Waals surface area contributed by atoms with Crippen LogP contribution in [-0.2, 0) is 13.0 Å². The van der Waals surface area contributed by atoms with Crippen LogP contribution in [0.15, 0.2) is 89.9 Å². The summed E-state index contributed by atoms with van der Waals surface area (Å²) < 4.78 is 0. The van der Waals surface area contributed by atoms with E-state index in [4.69, 9.17) is 10.7 Å². The molecule has 0 spiro atoms. The molecule has 1 heterocycles. The number of fused-ring (bicyclic) bond motifs is 1. The number of nitrogens with two attached hydrogens (primary N) is 1. The first-order valence-electron chi connectivity index (χ1n) is 8.79. The van der Waals surface area contributed by atoms with E-state index < -0.39 is 5.66 Å². The zero-order valence-corrected chi connectivity index (χ0v) is 14.5. The minimum atomic E-state index is -0.787. The Bertz CT molecular complexity index is 906. The molecule has 0 aliphatic carbocycles. The monoisotopic (exact) mass is 342 g/mol. The number of nitrogens with zero attached hydrogens (tertiary/aromatic N) is 1. The van der Waals surface area contributed by atoms with Crippen LogP contribution in [-0.4, -0.2) is 11.5 Å². The maximum absolute atomic E-state index is 6.81. The molecular weight excluding hydrogens is 320 g/mol. The Hall–Kier alpha value is -3.11. The van der Waals surface area contributed by atoms with Gasteiger partial charge in [-0.3, -0.25) is 4.99 Å². The molecule has 0 saturated carbocycles. The molecule has 0 fully saturated rings. The standard InChI is InChI=1S/C22H22N4/c23-22(15-17-9-3-1-4-10-17)21(24-16-18-11-5-2-6-12-18)25-19-13-7-8-14-20(19)26-22/h1-14,26H,15-16,23H2,(H,24,25). The van der Waals surface area contributed by atoms with E-state index >= 15 is 0 Å². The van der Waals surface area contributed by atoms with Crippen molar-refractivity contribution >= 4 is 17.2 Å². The summed E-state index contributed by atoms with van der Waals surface area (Å²) in [5, 5.41) is 6.93. The van der Waals surface area contributed by atoms with Gasteiger partial charge in [-0.2, -0.15) is 0 Å². The number of para-hydroxylation sites is 2. The highest BCUT2D eigenvalue weighted by Crippen LogP contribution is 2.30. The van der Waals surface area contributed by atoms with Crippen LogP contribution in [0.5, 0.6) is 0 Å². The molecule has 1 unspecified atom stereocenters. The van der Waals surface area contributed by atoms with Gasteiger partial charge in [-0.05, 0) is 23.3 Å². The van der Waals surface area contributed by atoms with Crippen molar-refractivity contribution in [3.8, 4) is 0 Å². The lowest BCUT2D eigenvalue weighted by Crippen LogP contribution is -2.61. The van der Waals surface area contributed by atoms with Crippen molar-refractivity contribution in [3.05, 3.63) is 96.1 Å². The number of benzene rings is 3. The van der Waals surface area contributed by atoms with Crippen LogP contribution >= 0.6 is 0 Å². The Balaban J connectivity index is 1.68. The van der Waals surface area contributed by atoms with E-state index in [1.54, 1.807) is 0 Å². The van der Waals surface area contributed by atoms with Crippen LogP contribution in [0.1, 0.15) is 11.1 Å². The van der Waals surface area contributed by atoms with E-state index in [0.29, 0.717) is 13.0 Å². The molecule has 0 saturated heterocycles. The molecule has 1 atom stereocenters. The molecule has 4 N–H and O–H groups in total. The molecule has 0 bridgehead atoms. The second kappa shape index (κ2) is 7.02. The Labute approximate surface area is 153 Å². The summed E-state index contributed by atoms with van der Waals surface area (Å²) in [6, 6.07) is 28.5. The third-order valence-electron chi connectivity index (χ3n) is 4.55. The third-order valence-corrected chi connectivity index (χ3v) is 4.55. The quantitative estimate of drug-likeness (QED) is 0.671. The smallest absolute Gasteiger partial charge is 0.149 e. The van der Waals surface area contributed by atoms with Gasteiger partial charge in [-0.25, -0.2) is 0 Å². The summed E-state index contributed by atoms with van der Waals surface area (Å²) in [5.41, 5.74) is 10.3. The Morgan fingerprint density at radius 2 is 1.31 bits per heavy atom. The molecule has 4 nitrogen and oxygen atoms in total. The predicted octanol–water partition coefficient (Wildman–Crippen LogP) is 4.02. The van der Waals surface area contributed by atoms with E-state index in [-0.39, 0.29) is 0 Å². The van der Waals surface area contributed by atoms with Crippen LogP contribution in [0.3, 0.4) is 0 Å². The maximum Gasteiger partial charge on any atom is 0.149 e. The first kappa shape index (κ1) is 16.4. The molecule has 3 aromatic rings. The average Bonchev–Trinajstić information content (AvgIpc) is 2.68. The van der Waals surface area contributed by atoms with Crippen molar-refractivity contribution in [2.24, 2.45) is 10.7 Å². The zero-order chi connectivity index (χ0) is 17.8. The lowest BCUT2D eigenvalue weighted by molar-refractivity contribution is 0.627. The Morgan fingerprint density at radius 3 is 2.00 bits per heavy atom. The van der Waals surface area contributed by atoms with Gasteiger partial charge >= 0.3 is 0 Å². The second-order valence-electron chi connectivity index (χ2n) is 6.58. The first-order chi connectivity index (χ1) is 12.7. The Morgan fingerprint density at radius 1 is 0.731 bits per heavy atom. The third kappa shape index (κ3) is 3.46. The summed E-state index contributed by atoms with van der Waals surface area (Å²) in [5.74, 6) is 0.754. The van der Waals surface area contributed by atoms with E-state index in [1.807, 2.05) is 60.7 Å². The number of anilines is 2. The van der Waals surface area contributed by atoms with Crippen LogP contribution in [0, 0.1) is 0 Å². The number of rotatable bonds is 4. The van der Waals surface area contributed by atoms with E-state index in [2.05, 4.69) is 34.9 Å². The molecule has 26 heavy (non-hydrogen) atoms. The van der Waals surface area contributed by atoms with Gasteiger partial charge in [0.05, 0.1) is 17.9 Å². The predicted molar refractivity (Wildman–Crippen MR) is 108 cm³/mol. The fraction of sp³-hybridized carbons (Fsp3) is 0.136. The fourth-order valence-electron chi connectivity index (χ4n) is 3.22. The van der Waals surface area contributed by atoms with Crippen LogP contribution in [0.2, 0.25) is 0 Å². The minimum absolute atomic E-state index is 0.584. The number of aliphatic imine (C=N–C) groups is 1. The Kier molecular flexibility index (Phi) is 4.42. The fourth-order valence-corrected chi connectivity index (χ4v) is 3.22. The topological polar surface area (TPSA) is 62.4 Å². The molecular formula is C22H22N4. The van der Waals surface area contributed by atoms with E-state index in [0.717, 1.165) is 28.3 Å². The molecule has 130 valence electrons. The van der Waals surface area contributed by atoms with Crippen molar-refractivity contribution in [3.63, 3.8) is 0 Å². The van der Waals surface area contributed by atoms with Crippen molar-refractivity contribution in [2.75, 3.05) is 10.6 Å². The minimum Gasteiger partial charge on any atom is -0.359 e. The summed E-state index contributed by atoms with van der Waals surface area (Å²) in [6.07, 6.45) is 0.642. The van der Waals surface area contributed by atoms with Gasteiger partial charge in [-0.15, -0.1) is 0 Å². The van der Waals surface area contributed by atoms with E-state index in [9.17, 15) is 0 Å². The maximum atomic E-state index is 6.81. The van der Waals surface area contributed by atoms with Gasteiger partial charge in [0.1, 0.15) is 11.5 Å². The van der Waals surface area contributed by atoms with Gasteiger partial charge in [0.15, 0.2) is 0 Å². The zero-order valence-electron chi connectivity index (χ0n) is 14.5. The van der Waals surface area contributed by atoms with Crippen LogP contribution in [0.4, 0.5) is 11.4 Å². The largest absolute Gasteiger partial charge is 0.359 e. The molecule has 0 aromatic heterocycles. The SMILES string of the molecule is NC1(Cc2ccccc2)Nc2ccccc2NC1=NCc1ccccc1.